The lowest BCUT2D eigenvalue weighted by Crippen LogP contribution is -2.54. The van der Waals surface area contributed by atoms with Crippen LogP contribution in [0.25, 0.3) is 0 Å². The van der Waals surface area contributed by atoms with Crippen LogP contribution in [0.4, 0.5) is 0 Å². The van der Waals surface area contributed by atoms with Crippen LogP contribution in [0.5, 0.6) is 0 Å². The number of carbonyl (C=O) groups is 1. The molecule has 118 valence electrons. The maximum Gasteiger partial charge on any atom is 0.133 e. The van der Waals surface area contributed by atoms with E-state index in [2.05, 4.69) is 13.8 Å². The van der Waals surface area contributed by atoms with Gasteiger partial charge in [-0.2, -0.15) is 0 Å². The topological polar surface area (TPSA) is 37.3 Å². The number of fused-ring (bicyclic) bond motifs is 5. The third-order valence-electron chi connectivity index (χ3n) is 8.43. The zero-order chi connectivity index (χ0) is 14.8. The Morgan fingerprint density at radius 2 is 1.71 bits per heavy atom. The number of aliphatic hydroxyl groups is 1. The lowest BCUT2D eigenvalue weighted by Gasteiger charge is -2.60. The minimum Gasteiger partial charge on any atom is -0.393 e. The van der Waals surface area contributed by atoms with E-state index in [1.165, 1.54) is 32.1 Å². The highest BCUT2D eigenvalue weighted by Gasteiger charge is 2.59. The Labute approximate surface area is 128 Å². The summed E-state index contributed by atoms with van der Waals surface area (Å²) in [5.41, 5.74) is 0.598. The van der Waals surface area contributed by atoms with Crippen LogP contribution in [0.2, 0.25) is 0 Å². The Morgan fingerprint density at radius 3 is 2.52 bits per heavy atom. The van der Waals surface area contributed by atoms with E-state index < -0.39 is 0 Å². The first-order valence-corrected chi connectivity index (χ1v) is 9.15. The molecule has 2 nitrogen and oxygen atoms in total. The van der Waals surface area contributed by atoms with Gasteiger partial charge in [0.05, 0.1) is 6.10 Å². The normalized spacial score (nSPS) is 56.5. The second-order valence-corrected chi connectivity index (χ2v) is 9.04. The van der Waals surface area contributed by atoms with Crippen molar-refractivity contribution in [3.8, 4) is 0 Å². The summed E-state index contributed by atoms with van der Waals surface area (Å²) in [6.45, 7) is 4.85. The maximum atomic E-state index is 11.9. The van der Waals surface area contributed by atoms with Gasteiger partial charge in [0.2, 0.25) is 0 Å². The molecule has 4 aliphatic rings. The molecule has 4 fully saturated rings. The zero-order valence-electron chi connectivity index (χ0n) is 13.6. The number of hydrogen-bond acceptors (Lipinski definition) is 2. The fourth-order valence-corrected chi connectivity index (χ4v) is 7.02. The Bertz CT molecular complexity index is 458. The van der Waals surface area contributed by atoms with Gasteiger partial charge in [0.25, 0.3) is 0 Å². The monoisotopic (exact) mass is 290 g/mol. The molecule has 21 heavy (non-hydrogen) atoms. The summed E-state index contributed by atoms with van der Waals surface area (Å²) in [6.07, 6.45) is 10.0. The van der Waals surface area contributed by atoms with Crippen LogP contribution < -0.4 is 0 Å². The van der Waals surface area contributed by atoms with Crippen LogP contribution in [0.3, 0.4) is 0 Å². The number of aliphatic hydroxyl groups excluding tert-OH is 1. The van der Waals surface area contributed by atoms with Crippen molar-refractivity contribution in [1.82, 2.24) is 0 Å². The van der Waals surface area contributed by atoms with Gasteiger partial charge >= 0.3 is 0 Å². The summed E-state index contributed by atoms with van der Waals surface area (Å²) in [4.78, 5) is 11.9. The van der Waals surface area contributed by atoms with Gasteiger partial charge in [-0.1, -0.05) is 13.8 Å². The Morgan fingerprint density at radius 1 is 0.952 bits per heavy atom. The predicted octanol–water partition coefficient (Wildman–Crippen LogP) is 3.96. The highest BCUT2D eigenvalue weighted by Crippen LogP contribution is 2.65. The molecule has 0 aromatic carbocycles. The van der Waals surface area contributed by atoms with E-state index in [0.717, 1.165) is 43.4 Å². The second kappa shape index (κ2) is 4.57. The van der Waals surface area contributed by atoms with E-state index in [4.69, 9.17) is 0 Å². The Hall–Kier alpha value is -0.370. The van der Waals surface area contributed by atoms with Crippen LogP contribution >= 0.6 is 0 Å². The molecule has 0 radical (unpaired) electrons. The van der Waals surface area contributed by atoms with Crippen LogP contribution in [-0.4, -0.2) is 17.0 Å². The Balaban J connectivity index is 1.64. The number of hydrogen-bond donors (Lipinski definition) is 1. The largest absolute Gasteiger partial charge is 0.393 e. The highest BCUT2D eigenvalue weighted by atomic mass is 16.3. The standard InChI is InChI=1S/C19H30O2/c1-18-9-7-13(20)11-12(18)3-4-14-15-5-6-17(21)19(15,2)10-8-16(14)18/h12,14-17,21H,3-11H2,1-2H3/t12-,14+,15-,16-,17-,18-,19-/m1/s1. The number of ketones is 1. The van der Waals surface area contributed by atoms with Crippen molar-refractivity contribution < 1.29 is 9.90 Å². The number of rotatable bonds is 0. The average Bonchev–Trinajstić information content (AvgIpc) is 2.76. The van der Waals surface area contributed by atoms with Gasteiger partial charge < -0.3 is 5.11 Å². The molecular weight excluding hydrogens is 260 g/mol. The van der Waals surface area contributed by atoms with Gasteiger partial charge in [-0.3, -0.25) is 4.79 Å². The molecule has 0 amide bonds. The molecule has 4 saturated carbocycles. The summed E-state index contributed by atoms with van der Waals surface area (Å²) in [6, 6.07) is 0. The van der Waals surface area contributed by atoms with E-state index in [1.807, 2.05) is 0 Å². The first kappa shape index (κ1) is 14.2. The van der Waals surface area contributed by atoms with Crippen molar-refractivity contribution in [3.05, 3.63) is 0 Å². The predicted molar refractivity (Wildman–Crippen MR) is 82.7 cm³/mol. The molecule has 1 N–H and O–H groups in total. The van der Waals surface area contributed by atoms with Gasteiger partial charge in [0.1, 0.15) is 5.78 Å². The molecular formula is C19H30O2. The van der Waals surface area contributed by atoms with E-state index in [9.17, 15) is 9.90 Å². The van der Waals surface area contributed by atoms with Gasteiger partial charge in [0, 0.05) is 12.8 Å². The van der Waals surface area contributed by atoms with E-state index >= 15 is 0 Å². The maximum absolute atomic E-state index is 11.9. The Kier molecular flexibility index (Phi) is 3.10. The molecule has 0 aromatic rings. The summed E-state index contributed by atoms with van der Waals surface area (Å²) in [7, 11) is 0. The lowest BCUT2D eigenvalue weighted by atomic mass is 9.45. The molecule has 0 bridgehead atoms. The third-order valence-corrected chi connectivity index (χ3v) is 8.43. The van der Waals surface area contributed by atoms with Crippen molar-refractivity contribution in [1.29, 1.82) is 0 Å². The van der Waals surface area contributed by atoms with Crippen molar-refractivity contribution in [2.24, 2.45) is 34.5 Å². The minimum absolute atomic E-state index is 0.0677. The molecule has 0 unspecified atom stereocenters. The smallest absolute Gasteiger partial charge is 0.133 e. The van der Waals surface area contributed by atoms with Crippen LogP contribution in [-0.2, 0) is 4.79 Å². The molecule has 4 aliphatic carbocycles. The molecule has 4 rings (SSSR count). The van der Waals surface area contributed by atoms with Gasteiger partial charge in [-0.15, -0.1) is 0 Å². The average molecular weight is 290 g/mol. The minimum atomic E-state index is -0.0677. The lowest BCUT2D eigenvalue weighted by molar-refractivity contribution is -0.141. The van der Waals surface area contributed by atoms with Gasteiger partial charge in [-0.25, -0.2) is 0 Å². The van der Waals surface area contributed by atoms with Crippen molar-refractivity contribution >= 4 is 5.78 Å². The van der Waals surface area contributed by atoms with Gasteiger partial charge in [0.15, 0.2) is 0 Å². The zero-order valence-corrected chi connectivity index (χ0v) is 13.6. The van der Waals surface area contributed by atoms with Crippen molar-refractivity contribution in [3.63, 3.8) is 0 Å². The highest BCUT2D eigenvalue weighted by molar-refractivity contribution is 5.79. The van der Waals surface area contributed by atoms with Gasteiger partial charge in [-0.05, 0) is 79.4 Å². The fraction of sp³-hybridized carbons (Fsp3) is 0.947. The van der Waals surface area contributed by atoms with Crippen molar-refractivity contribution in [2.45, 2.75) is 77.7 Å². The third kappa shape index (κ3) is 1.84. The summed E-state index contributed by atoms with van der Waals surface area (Å²) in [5.74, 6) is 3.52. The summed E-state index contributed by atoms with van der Waals surface area (Å²) < 4.78 is 0. The molecule has 7 atom stereocenters. The van der Waals surface area contributed by atoms with Crippen molar-refractivity contribution in [2.75, 3.05) is 0 Å². The fourth-order valence-electron chi connectivity index (χ4n) is 7.02. The molecule has 0 heterocycles. The SMILES string of the molecule is C[C@@]12CC[C@@H]3[C@@H](CC[C@@H]4CC(=O)CC[C@]43C)[C@H]1CC[C@H]2O. The first-order chi connectivity index (χ1) is 9.95. The quantitative estimate of drug-likeness (QED) is 0.733. The summed E-state index contributed by atoms with van der Waals surface area (Å²) in [5, 5.41) is 10.5. The molecule has 2 heteroatoms. The van der Waals surface area contributed by atoms with E-state index in [-0.39, 0.29) is 11.5 Å². The van der Waals surface area contributed by atoms with Crippen LogP contribution in [0.1, 0.15) is 71.6 Å². The number of Topliss-reactive ketones (excluding diaryl/α,β-unsaturated/α-hetero) is 1. The summed E-state index contributed by atoms with van der Waals surface area (Å²) >= 11 is 0. The molecule has 0 spiro atoms. The second-order valence-electron chi connectivity index (χ2n) is 9.04. The molecule has 0 aromatic heterocycles. The molecule has 0 aliphatic heterocycles. The first-order valence-electron chi connectivity index (χ1n) is 9.15. The van der Waals surface area contributed by atoms with E-state index in [1.54, 1.807) is 0 Å². The van der Waals surface area contributed by atoms with Crippen LogP contribution in [0.15, 0.2) is 0 Å². The molecule has 0 saturated heterocycles. The number of carbonyl (C=O) groups excluding carboxylic acids is 1. The van der Waals surface area contributed by atoms with E-state index in [0.29, 0.717) is 17.1 Å². The van der Waals surface area contributed by atoms with Crippen LogP contribution in [0, 0.1) is 34.5 Å².